The van der Waals surface area contributed by atoms with Gasteiger partial charge in [-0.1, -0.05) is 153 Å². The van der Waals surface area contributed by atoms with Gasteiger partial charge in [0.2, 0.25) is 0 Å². The van der Waals surface area contributed by atoms with E-state index in [0.29, 0.717) is 5.70 Å². The number of hydrogen-bond acceptors (Lipinski definition) is 3. The summed E-state index contributed by atoms with van der Waals surface area (Å²) in [5.74, 6) is 0. The van der Waals surface area contributed by atoms with E-state index in [1.807, 2.05) is 92.0 Å². The van der Waals surface area contributed by atoms with Gasteiger partial charge in [0.15, 0.2) is 0 Å². The highest BCUT2D eigenvalue weighted by molar-refractivity contribution is 6.10. The van der Waals surface area contributed by atoms with Crippen LogP contribution in [0.3, 0.4) is 0 Å². The number of allylic oxidation sites excluding steroid dienone is 18. The molecule has 5 N–H and O–H groups in total. The molecule has 0 radical (unpaired) electrons. The predicted molar refractivity (Wildman–Crippen MR) is 246 cm³/mol. The number of rotatable bonds is 17. The average molecular weight is 733 g/mol. The molecule has 56 heavy (non-hydrogen) atoms. The molecular weight excluding hydrogens is 681 g/mol. The lowest BCUT2D eigenvalue weighted by Gasteiger charge is -2.10. The summed E-state index contributed by atoms with van der Waals surface area (Å²) in [7, 11) is 0. The highest BCUT2D eigenvalue weighted by Crippen LogP contribution is 2.34. The van der Waals surface area contributed by atoms with Crippen LogP contribution in [0.25, 0.3) is 33.1 Å². The SMILES string of the molecule is C=C/C=C(\C=C(/C)C(=C)/C=C\C=C/CNc1ccccc1)c1ccc2c(c1)c1ccccc1n2-c1ccc(C/C=C/C=C/C=C(\C=C/N)C(/N)=C/C=C\C)cc1. The fourth-order valence-electron chi connectivity index (χ4n) is 6.23. The molecule has 0 atom stereocenters. The Bertz CT molecular complexity index is 2430. The van der Waals surface area contributed by atoms with Crippen molar-refractivity contribution in [3.63, 3.8) is 0 Å². The molecule has 4 nitrogen and oxygen atoms in total. The summed E-state index contributed by atoms with van der Waals surface area (Å²) in [4.78, 5) is 0. The first kappa shape index (κ1) is 40.2. The van der Waals surface area contributed by atoms with Crippen molar-refractivity contribution >= 4 is 33.1 Å². The number of benzene rings is 4. The number of fused-ring (bicyclic) bond motifs is 3. The second kappa shape index (κ2) is 21.0. The Morgan fingerprint density at radius 2 is 1.50 bits per heavy atom. The second-order valence-corrected chi connectivity index (χ2v) is 13.1. The van der Waals surface area contributed by atoms with Gasteiger partial charge >= 0.3 is 0 Å². The number of hydrogen-bond donors (Lipinski definition) is 3. The van der Waals surface area contributed by atoms with Gasteiger partial charge in [0.05, 0.1) is 11.0 Å². The highest BCUT2D eigenvalue weighted by atomic mass is 15.0. The topological polar surface area (TPSA) is 69.0 Å². The highest BCUT2D eigenvalue weighted by Gasteiger charge is 2.13. The van der Waals surface area contributed by atoms with Crippen LogP contribution >= 0.6 is 0 Å². The summed E-state index contributed by atoms with van der Waals surface area (Å²) in [6.45, 7) is 13.2. The fourth-order valence-corrected chi connectivity index (χ4v) is 6.23. The van der Waals surface area contributed by atoms with Crippen LogP contribution in [0, 0.1) is 0 Å². The third-order valence-corrected chi connectivity index (χ3v) is 9.18. The van der Waals surface area contributed by atoms with Gasteiger partial charge in [0.25, 0.3) is 0 Å². The van der Waals surface area contributed by atoms with Crippen molar-refractivity contribution in [1.82, 2.24) is 4.57 Å². The Kier molecular flexibility index (Phi) is 15.1. The molecule has 0 amide bonds. The van der Waals surface area contributed by atoms with Crippen LogP contribution in [0.1, 0.15) is 25.0 Å². The molecule has 280 valence electrons. The Labute approximate surface area is 333 Å². The van der Waals surface area contributed by atoms with Crippen molar-refractivity contribution in [2.75, 3.05) is 11.9 Å². The first-order chi connectivity index (χ1) is 27.4. The molecule has 0 saturated carbocycles. The summed E-state index contributed by atoms with van der Waals surface area (Å²) in [5, 5.41) is 5.79. The Balaban J connectivity index is 1.31. The Hall–Kier alpha value is -7.04. The largest absolute Gasteiger partial charge is 0.405 e. The predicted octanol–water partition coefficient (Wildman–Crippen LogP) is 12.6. The lowest BCUT2D eigenvalue weighted by Crippen LogP contribution is -1.99. The van der Waals surface area contributed by atoms with Gasteiger partial charge in [-0.2, -0.15) is 0 Å². The van der Waals surface area contributed by atoms with Gasteiger partial charge in [-0.3, -0.25) is 0 Å². The standard InChI is InChI=1S/C52H52N4/c1-5-7-27-50(54)43(35-36-53)23-14-9-8-13-22-42-29-32-47(33-30-42)56-51-28-18-17-26-48(51)49-39-45(31-34-52(49)56)44(20-6-2)38-41(4)40(3)21-12-11-19-37-55-46-24-15-10-16-25-46/h5-21,23-36,38-39,55H,2-3,22,37,53-54H2,1,4H3/b7-5-,13-8+,14-9+,19-11-,21-12-,36-35-,41-38+,43-23+,44-20+,50-27-. The quantitative estimate of drug-likeness (QED) is 0.0834. The van der Waals surface area contributed by atoms with Crippen LogP contribution < -0.4 is 16.8 Å². The molecule has 0 bridgehead atoms. The minimum absolute atomic E-state index is 0.655. The fraction of sp³-hybridized carbons (Fsp3) is 0.0769. The summed E-state index contributed by atoms with van der Waals surface area (Å²) >= 11 is 0. The molecule has 0 aliphatic heterocycles. The normalized spacial score (nSPS) is 13.6. The van der Waals surface area contributed by atoms with Crippen molar-refractivity contribution < 1.29 is 0 Å². The molecule has 5 aromatic rings. The zero-order valence-corrected chi connectivity index (χ0v) is 32.5. The van der Waals surface area contributed by atoms with E-state index in [0.717, 1.165) is 57.7 Å². The van der Waals surface area contributed by atoms with Gasteiger partial charge < -0.3 is 21.4 Å². The zero-order valence-electron chi connectivity index (χ0n) is 32.5. The molecular formula is C52H52N4. The van der Waals surface area contributed by atoms with E-state index in [1.54, 1.807) is 6.08 Å². The van der Waals surface area contributed by atoms with Gasteiger partial charge in [0.1, 0.15) is 0 Å². The van der Waals surface area contributed by atoms with E-state index in [1.165, 1.54) is 28.1 Å². The lowest BCUT2D eigenvalue weighted by molar-refractivity contribution is 1.16. The molecule has 4 heteroatoms. The van der Waals surface area contributed by atoms with Crippen LogP contribution in [0.4, 0.5) is 5.69 Å². The summed E-state index contributed by atoms with van der Waals surface area (Å²) in [6.07, 6.45) is 34.2. The van der Waals surface area contributed by atoms with E-state index < -0.39 is 0 Å². The maximum absolute atomic E-state index is 6.17. The van der Waals surface area contributed by atoms with Crippen molar-refractivity contribution in [2.24, 2.45) is 11.5 Å². The number of para-hydroxylation sites is 2. The van der Waals surface area contributed by atoms with Crippen molar-refractivity contribution in [1.29, 1.82) is 0 Å². The third-order valence-electron chi connectivity index (χ3n) is 9.18. The summed E-state index contributed by atoms with van der Waals surface area (Å²) in [6, 6.07) is 34.3. The minimum Gasteiger partial charge on any atom is -0.405 e. The first-order valence-corrected chi connectivity index (χ1v) is 18.9. The molecule has 0 fully saturated rings. The molecule has 1 heterocycles. The van der Waals surface area contributed by atoms with Gasteiger partial charge in [-0.25, -0.2) is 0 Å². The van der Waals surface area contributed by atoms with Crippen LogP contribution in [-0.2, 0) is 6.42 Å². The number of nitrogens with two attached hydrogens (primary N) is 2. The third kappa shape index (κ3) is 11.0. The number of anilines is 1. The molecule has 1 aromatic heterocycles. The molecule has 0 aliphatic carbocycles. The van der Waals surface area contributed by atoms with Gasteiger partial charge in [-0.15, -0.1) is 0 Å². The number of aromatic nitrogens is 1. The maximum atomic E-state index is 6.17. The molecule has 0 spiro atoms. The summed E-state index contributed by atoms with van der Waals surface area (Å²) < 4.78 is 2.35. The van der Waals surface area contributed by atoms with Crippen molar-refractivity contribution in [3.05, 3.63) is 247 Å². The van der Waals surface area contributed by atoms with E-state index in [9.17, 15) is 0 Å². The van der Waals surface area contributed by atoms with Crippen LogP contribution in [0.15, 0.2) is 236 Å². The van der Waals surface area contributed by atoms with E-state index >= 15 is 0 Å². The smallest absolute Gasteiger partial charge is 0.0541 e. The molecule has 4 aromatic carbocycles. The monoisotopic (exact) mass is 732 g/mol. The van der Waals surface area contributed by atoms with Gasteiger partial charge in [-0.05, 0) is 115 Å². The van der Waals surface area contributed by atoms with E-state index in [4.69, 9.17) is 11.5 Å². The lowest BCUT2D eigenvalue weighted by atomic mass is 9.98. The second-order valence-electron chi connectivity index (χ2n) is 13.1. The number of nitrogens with zero attached hydrogens (tertiary/aromatic N) is 1. The van der Waals surface area contributed by atoms with Crippen LogP contribution in [-0.4, -0.2) is 11.1 Å². The average Bonchev–Trinajstić information content (AvgIpc) is 3.56. The summed E-state index contributed by atoms with van der Waals surface area (Å²) in [5.41, 5.74) is 23.3. The van der Waals surface area contributed by atoms with Gasteiger partial charge in [0, 0.05) is 34.4 Å². The zero-order chi connectivity index (χ0) is 39.5. The van der Waals surface area contributed by atoms with E-state index in [2.05, 4.69) is 133 Å². The molecule has 5 rings (SSSR count). The van der Waals surface area contributed by atoms with Crippen LogP contribution in [0.5, 0.6) is 0 Å². The molecule has 0 aliphatic rings. The minimum atomic E-state index is 0.655. The Morgan fingerprint density at radius 1 is 0.750 bits per heavy atom. The van der Waals surface area contributed by atoms with Crippen molar-refractivity contribution in [2.45, 2.75) is 20.3 Å². The van der Waals surface area contributed by atoms with Crippen LogP contribution in [0.2, 0.25) is 0 Å². The Morgan fingerprint density at radius 3 is 2.27 bits per heavy atom. The number of nitrogens with one attached hydrogen (secondary N) is 1. The first-order valence-electron chi connectivity index (χ1n) is 18.9. The van der Waals surface area contributed by atoms with Crippen molar-refractivity contribution in [3.8, 4) is 5.69 Å². The maximum Gasteiger partial charge on any atom is 0.0541 e. The molecule has 0 saturated heterocycles. The molecule has 0 unspecified atom stereocenters. The van der Waals surface area contributed by atoms with E-state index in [-0.39, 0.29) is 0 Å².